The maximum atomic E-state index is 11.9. The molecule has 0 bridgehead atoms. The van der Waals surface area contributed by atoms with E-state index in [1.54, 1.807) is 6.08 Å². The van der Waals surface area contributed by atoms with E-state index in [1.165, 1.54) is 12.5 Å². The number of piperidine rings is 1. The van der Waals surface area contributed by atoms with Gasteiger partial charge in [-0.05, 0) is 43.5 Å². The number of nitrogens with one attached hydrogen (secondary N) is 2. The summed E-state index contributed by atoms with van der Waals surface area (Å²) in [5.74, 6) is 0.116. The van der Waals surface area contributed by atoms with Crippen LogP contribution in [0.25, 0.3) is 6.08 Å². The van der Waals surface area contributed by atoms with Crippen LogP contribution in [0.4, 0.5) is 0 Å². The predicted octanol–water partition coefficient (Wildman–Crippen LogP) is 1.66. The zero-order valence-electron chi connectivity index (χ0n) is 14.3. The standard InChI is InChI=1S/C19H27N3O2/c1-2-22-12-6-9-17(15-22)13-20-19(24)14-21-18(23)11-10-16-7-4-3-5-8-16/h3-5,7-8,10-11,17H,2,6,9,12-15H2,1H3,(H,20,24)(H,21,23)/b11-10+/t17-/m1/s1. The van der Waals surface area contributed by atoms with Gasteiger partial charge in [0.25, 0.3) is 0 Å². The molecule has 0 saturated carbocycles. The Kier molecular flexibility index (Phi) is 7.49. The average molecular weight is 329 g/mol. The van der Waals surface area contributed by atoms with Gasteiger partial charge in [0, 0.05) is 19.2 Å². The first-order valence-electron chi connectivity index (χ1n) is 8.67. The third-order valence-electron chi connectivity index (χ3n) is 4.29. The smallest absolute Gasteiger partial charge is 0.244 e. The van der Waals surface area contributed by atoms with Crippen LogP contribution in [-0.4, -0.2) is 49.4 Å². The van der Waals surface area contributed by atoms with E-state index in [4.69, 9.17) is 0 Å². The van der Waals surface area contributed by atoms with Gasteiger partial charge in [0.05, 0.1) is 6.54 Å². The molecule has 5 nitrogen and oxygen atoms in total. The zero-order chi connectivity index (χ0) is 17.2. The van der Waals surface area contributed by atoms with Crippen molar-refractivity contribution in [1.29, 1.82) is 0 Å². The number of carbonyl (C=O) groups excluding carboxylic acids is 2. The van der Waals surface area contributed by atoms with Crippen LogP contribution in [0, 0.1) is 5.92 Å². The third kappa shape index (κ3) is 6.54. The molecule has 0 spiro atoms. The monoisotopic (exact) mass is 329 g/mol. The molecule has 2 rings (SSSR count). The van der Waals surface area contributed by atoms with Crippen molar-refractivity contribution in [2.24, 2.45) is 5.92 Å². The van der Waals surface area contributed by atoms with E-state index in [0.29, 0.717) is 12.5 Å². The second-order valence-electron chi connectivity index (χ2n) is 6.17. The average Bonchev–Trinajstić information content (AvgIpc) is 2.64. The van der Waals surface area contributed by atoms with Crippen LogP contribution in [-0.2, 0) is 9.59 Å². The maximum Gasteiger partial charge on any atom is 0.244 e. The lowest BCUT2D eigenvalue weighted by Crippen LogP contribution is -2.43. The Bertz CT molecular complexity index is 557. The first-order valence-corrected chi connectivity index (χ1v) is 8.67. The summed E-state index contributed by atoms with van der Waals surface area (Å²) in [4.78, 5) is 26.0. The molecule has 1 aliphatic heterocycles. The van der Waals surface area contributed by atoms with Gasteiger partial charge in [-0.15, -0.1) is 0 Å². The lowest BCUT2D eigenvalue weighted by Gasteiger charge is -2.31. The molecular weight excluding hydrogens is 302 g/mol. The number of rotatable bonds is 7. The fraction of sp³-hybridized carbons (Fsp3) is 0.474. The molecule has 24 heavy (non-hydrogen) atoms. The molecule has 1 heterocycles. The van der Waals surface area contributed by atoms with Gasteiger partial charge in [-0.25, -0.2) is 0 Å². The van der Waals surface area contributed by atoms with E-state index in [9.17, 15) is 9.59 Å². The highest BCUT2D eigenvalue weighted by molar-refractivity contribution is 5.94. The lowest BCUT2D eigenvalue weighted by molar-refractivity contribution is -0.124. The van der Waals surface area contributed by atoms with Gasteiger partial charge >= 0.3 is 0 Å². The number of likely N-dealkylation sites (tertiary alicyclic amines) is 1. The Morgan fingerprint density at radius 3 is 2.79 bits per heavy atom. The SMILES string of the molecule is CCN1CCC[C@H](CNC(=O)CNC(=O)/C=C/c2ccccc2)C1. The second-order valence-corrected chi connectivity index (χ2v) is 6.17. The highest BCUT2D eigenvalue weighted by Crippen LogP contribution is 2.14. The highest BCUT2D eigenvalue weighted by Gasteiger charge is 2.19. The van der Waals surface area contributed by atoms with Crippen molar-refractivity contribution in [3.8, 4) is 0 Å². The van der Waals surface area contributed by atoms with Crippen LogP contribution in [0.2, 0.25) is 0 Å². The Balaban J connectivity index is 1.64. The number of amides is 2. The Morgan fingerprint density at radius 2 is 2.04 bits per heavy atom. The van der Waals surface area contributed by atoms with Gasteiger partial charge in [0.2, 0.25) is 11.8 Å². The Morgan fingerprint density at radius 1 is 1.25 bits per heavy atom. The molecule has 1 fully saturated rings. The van der Waals surface area contributed by atoms with Crippen LogP contribution in [0.5, 0.6) is 0 Å². The topological polar surface area (TPSA) is 61.4 Å². The molecule has 1 atom stereocenters. The summed E-state index contributed by atoms with van der Waals surface area (Å²) in [6.45, 7) is 6.13. The number of hydrogen-bond acceptors (Lipinski definition) is 3. The number of benzene rings is 1. The van der Waals surface area contributed by atoms with E-state index in [-0.39, 0.29) is 18.4 Å². The summed E-state index contributed by atoms with van der Waals surface area (Å²) in [6, 6.07) is 9.58. The molecule has 0 aromatic heterocycles. The maximum absolute atomic E-state index is 11.9. The van der Waals surface area contributed by atoms with Crippen molar-refractivity contribution >= 4 is 17.9 Å². The molecule has 2 amide bonds. The Labute approximate surface area is 144 Å². The van der Waals surface area contributed by atoms with Gasteiger partial charge in [-0.3, -0.25) is 9.59 Å². The first-order chi connectivity index (χ1) is 11.7. The van der Waals surface area contributed by atoms with E-state index in [2.05, 4.69) is 22.5 Å². The molecule has 1 aromatic carbocycles. The third-order valence-corrected chi connectivity index (χ3v) is 4.29. The first kappa shape index (κ1) is 18.2. The van der Waals surface area contributed by atoms with Crippen molar-refractivity contribution in [3.05, 3.63) is 42.0 Å². The molecule has 130 valence electrons. The molecule has 1 aromatic rings. The normalized spacial score (nSPS) is 18.5. The van der Waals surface area contributed by atoms with Crippen molar-refractivity contribution in [2.45, 2.75) is 19.8 Å². The van der Waals surface area contributed by atoms with Gasteiger partial charge in [0.1, 0.15) is 0 Å². The molecule has 0 aliphatic carbocycles. The fourth-order valence-electron chi connectivity index (χ4n) is 2.89. The van der Waals surface area contributed by atoms with Crippen molar-refractivity contribution in [3.63, 3.8) is 0 Å². The number of nitrogens with zero attached hydrogens (tertiary/aromatic N) is 1. The molecule has 0 radical (unpaired) electrons. The minimum atomic E-state index is -0.260. The summed E-state index contributed by atoms with van der Waals surface area (Å²) in [6.07, 6.45) is 5.52. The molecule has 2 N–H and O–H groups in total. The van der Waals surface area contributed by atoms with Gasteiger partial charge in [0.15, 0.2) is 0 Å². The zero-order valence-corrected chi connectivity index (χ0v) is 14.3. The highest BCUT2D eigenvalue weighted by atomic mass is 16.2. The van der Waals surface area contributed by atoms with Crippen molar-refractivity contribution in [1.82, 2.24) is 15.5 Å². The van der Waals surface area contributed by atoms with E-state index < -0.39 is 0 Å². The van der Waals surface area contributed by atoms with Crippen LogP contribution in [0.15, 0.2) is 36.4 Å². The lowest BCUT2D eigenvalue weighted by atomic mass is 9.98. The fourth-order valence-corrected chi connectivity index (χ4v) is 2.89. The van der Waals surface area contributed by atoms with Crippen molar-refractivity contribution < 1.29 is 9.59 Å². The van der Waals surface area contributed by atoms with Crippen LogP contribution >= 0.6 is 0 Å². The van der Waals surface area contributed by atoms with Gasteiger partial charge in [-0.1, -0.05) is 37.3 Å². The molecule has 0 unspecified atom stereocenters. The van der Waals surface area contributed by atoms with Gasteiger partial charge < -0.3 is 15.5 Å². The summed E-state index contributed by atoms with van der Waals surface area (Å²) in [5, 5.41) is 5.53. The predicted molar refractivity (Wildman–Crippen MR) is 96.3 cm³/mol. The molecular formula is C19H27N3O2. The minimum absolute atomic E-state index is 0.0160. The minimum Gasteiger partial charge on any atom is -0.354 e. The van der Waals surface area contributed by atoms with Crippen LogP contribution in [0.1, 0.15) is 25.3 Å². The number of hydrogen-bond donors (Lipinski definition) is 2. The van der Waals surface area contributed by atoms with E-state index in [0.717, 1.165) is 31.6 Å². The molecule has 5 heteroatoms. The Hall–Kier alpha value is -2.14. The summed E-state index contributed by atoms with van der Waals surface area (Å²) >= 11 is 0. The molecule has 1 saturated heterocycles. The quantitative estimate of drug-likeness (QED) is 0.748. The summed E-state index contributed by atoms with van der Waals surface area (Å²) in [5.41, 5.74) is 0.954. The van der Waals surface area contributed by atoms with Crippen LogP contribution < -0.4 is 10.6 Å². The molecule has 1 aliphatic rings. The largest absolute Gasteiger partial charge is 0.354 e. The summed E-state index contributed by atoms with van der Waals surface area (Å²) in [7, 11) is 0. The van der Waals surface area contributed by atoms with Crippen LogP contribution in [0.3, 0.4) is 0 Å². The van der Waals surface area contributed by atoms with E-state index >= 15 is 0 Å². The summed E-state index contributed by atoms with van der Waals surface area (Å²) < 4.78 is 0. The van der Waals surface area contributed by atoms with E-state index in [1.807, 2.05) is 30.3 Å². The van der Waals surface area contributed by atoms with Gasteiger partial charge in [-0.2, -0.15) is 0 Å². The number of carbonyl (C=O) groups is 2. The second kappa shape index (κ2) is 9.88. The van der Waals surface area contributed by atoms with Crippen molar-refractivity contribution in [2.75, 3.05) is 32.7 Å².